The van der Waals surface area contributed by atoms with E-state index in [4.69, 9.17) is 11.6 Å². The number of rotatable bonds is 5. The van der Waals surface area contributed by atoms with E-state index < -0.39 is 10.0 Å². The second-order valence-corrected chi connectivity index (χ2v) is 10.6. The van der Waals surface area contributed by atoms with Crippen LogP contribution in [0.5, 0.6) is 0 Å². The van der Waals surface area contributed by atoms with Gasteiger partial charge >= 0.3 is 0 Å². The van der Waals surface area contributed by atoms with Crippen LogP contribution in [0, 0.1) is 20.8 Å². The molecule has 2 aromatic carbocycles. The Morgan fingerprint density at radius 1 is 1.00 bits per heavy atom. The molecule has 0 radical (unpaired) electrons. The standard InChI is InChI=1S/C24H27ClN4O3S/c1-17-9-10-21(18(2)15-17)33(31,32)28-13-11-27(12-14-28)24(30)22-19(3)26-29(23(22)25)16-20-7-5-4-6-8-20/h4-10,15H,11-14,16H2,1-3H3. The molecule has 33 heavy (non-hydrogen) atoms. The van der Waals surface area contributed by atoms with Gasteiger partial charge < -0.3 is 4.90 Å². The predicted octanol–water partition coefficient (Wildman–Crippen LogP) is 3.66. The van der Waals surface area contributed by atoms with E-state index in [9.17, 15) is 13.2 Å². The molecule has 3 aromatic rings. The average Bonchev–Trinajstić information content (AvgIpc) is 3.06. The molecule has 1 aliphatic rings. The third-order valence-electron chi connectivity index (χ3n) is 5.93. The molecular formula is C24H27ClN4O3S. The van der Waals surface area contributed by atoms with Gasteiger partial charge in [0.25, 0.3) is 5.91 Å². The zero-order valence-electron chi connectivity index (χ0n) is 19.0. The van der Waals surface area contributed by atoms with Crippen LogP contribution in [0.25, 0.3) is 0 Å². The second kappa shape index (κ2) is 9.29. The van der Waals surface area contributed by atoms with E-state index in [0.29, 0.717) is 40.9 Å². The van der Waals surface area contributed by atoms with Crippen LogP contribution >= 0.6 is 11.6 Å². The average molecular weight is 487 g/mol. The highest BCUT2D eigenvalue weighted by molar-refractivity contribution is 7.89. The van der Waals surface area contributed by atoms with Gasteiger partial charge in [0.05, 0.1) is 22.7 Å². The van der Waals surface area contributed by atoms with Crippen molar-refractivity contribution in [3.63, 3.8) is 0 Å². The van der Waals surface area contributed by atoms with Crippen LogP contribution in [0.15, 0.2) is 53.4 Å². The number of hydrogen-bond acceptors (Lipinski definition) is 4. The van der Waals surface area contributed by atoms with Crippen LogP contribution in [0.3, 0.4) is 0 Å². The number of carbonyl (C=O) groups is 1. The lowest BCUT2D eigenvalue weighted by Gasteiger charge is -2.34. The molecule has 7 nitrogen and oxygen atoms in total. The molecule has 0 N–H and O–H groups in total. The molecule has 0 bridgehead atoms. The van der Waals surface area contributed by atoms with Crippen LogP contribution in [0.2, 0.25) is 5.15 Å². The maximum atomic E-state index is 13.2. The Morgan fingerprint density at radius 3 is 2.30 bits per heavy atom. The van der Waals surface area contributed by atoms with E-state index in [1.807, 2.05) is 43.3 Å². The van der Waals surface area contributed by atoms with E-state index in [2.05, 4.69) is 5.10 Å². The number of aryl methyl sites for hydroxylation is 3. The largest absolute Gasteiger partial charge is 0.336 e. The monoisotopic (exact) mass is 486 g/mol. The fourth-order valence-corrected chi connectivity index (χ4v) is 6.12. The van der Waals surface area contributed by atoms with Gasteiger partial charge in [-0.1, -0.05) is 59.6 Å². The molecule has 2 heterocycles. The Bertz CT molecular complexity index is 1280. The van der Waals surface area contributed by atoms with Gasteiger partial charge in [-0.2, -0.15) is 9.40 Å². The minimum absolute atomic E-state index is 0.222. The molecule has 1 aliphatic heterocycles. The number of aromatic nitrogens is 2. The molecule has 1 fully saturated rings. The quantitative estimate of drug-likeness (QED) is 0.551. The number of hydrogen-bond donors (Lipinski definition) is 0. The molecular weight excluding hydrogens is 460 g/mol. The van der Waals surface area contributed by atoms with E-state index in [-0.39, 0.29) is 19.0 Å². The van der Waals surface area contributed by atoms with Crippen LogP contribution in [-0.2, 0) is 16.6 Å². The van der Waals surface area contributed by atoms with Gasteiger partial charge in [-0.3, -0.25) is 4.79 Å². The SMILES string of the molecule is Cc1ccc(S(=O)(=O)N2CCN(C(=O)c3c(C)nn(Cc4ccccc4)c3Cl)CC2)c(C)c1. The predicted molar refractivity (Wildman–Crippen MR) is 128 cm³/mol. The molecule has 0 spiro atoms. The van der Waals surface area contributed by atoms with Gasteiger partial charge in [-0.05, 0) is 38.0 Å². The van der Waals surface area contributed by atoms with Crippen molar-refractivity contribution in [2.75, 3.05) is 26.2 Å². The number of piperazine rings is 1. The van der Waals surface area contributed by atoms with E-state index in [0.717, 1.165) is 16.7 Å². The third kappa shape index (κ3) is 4.69. The van der Waals surface area contributed by atoms with Crippen molar-refractivity contribution in [1.82, 2.24) is 19.0 Å². The number of nitrogens with zero attached hydrogens (tertiary/aromatic N) is 4. The van der Waals surface area contributed by atoms with Gasteiger partial charge in [0.15, 0.2) is 0 Å². The first-order chi connectivity index (χ1) is 15.7. The summed E-state index contributed by atoms with van der Waals surface area (Å²) in [6.07, 6.45) is 0. The lowest BCUT2D eigenvalue weighted by atomic mass is 10.2. The van der Waals surface area contributed by atoms with Crippen LogP contribution in [0.1, 0.15) is 32.7 Å². The van der Waals surface area contributed by atoms with Crippen molar-refractivity contribution >= 4 is 27.5 Å². The van der Waals surface area contributed by atoms with Crippen LogP contribution < -0.4 is 0 Å². The van der Waals surface area contributed by atoms with Gasteiger partial charge in [-0.25, -0.2) is 13.1 Å². The fraction of sp³-hybridized carbons (Fsp3) is 0.333. The molecule has 0 aliphatic carbocycles. The molecule has 174 valence electrons. The topological polar surface area (TPSA) is 75.5 Å². The number of benzene rings is 2. The van der Waals surface area contributed by atoms with Crippen molar-refractivity contribution < 1.29 is 13.2 Å². The molecule has 0 unspecified atom stereocenters. The smallest absolute Gasteiger partial charge is 0.258 e. The summed E-state index contributed by atoms with van der Waals surface area (Å²) >= 11 is 6.55. The van der Waals surface area contributed by atoms with Crippen LogP contribution in [-0.4, -0.2) is 59.5 Å². The first-order valence-electron chi connectivity index (χ1n) is 10.8. The zero-order chi connectivity index (χ0) is 23.8. The highest BCUT2D eigenvalue weighted by Gasteiger charge is 2.33. The Balaban J connectivity index is 1.48. The normalized spacial score (nSPS) is 15.1. The lowest BCUT2D eigenvalue weighted by molar-refractivity contribution is 0.0697. The Kier molecular flexibility index (Phi) is 6.61. The molecule has 9 heteroatoms. The van der Waals surface area contributed by atoms with Gasteiger partial charge in [-0.15, -0.1) is 0 Å². The molecule has 4 rings (SSSR count). The molecule has 1 saturated heterocycles. The molecule has 1 amide bonds. The van der Waals surface area contributed by atoms with Crippen molar-refractivity contribution in [2.45, 2.75) is 32.2 Å². The van der Waals surface area contributed by atoms with Crippen LogP contribution in [0.4, 0.5) is 0 Å². The number of amides is 1. The Hall–Kier alpha value is -2.68. The summed E-state index contributed by atoms with van der Waals surface area (Å²) in [6.45, 7) is 7.02. The fourth-order valence-electron chi connectivity index (χ4n) is 4.17. The van der Waals surface area contributed by atoms with Crippen molar-refractivity contribution in [2.24, 2.45) is 0 Å². The summed E-state index contributed by atoms with van der Waals surface area (Å²) in [5.74, 6) is -0.222. The maximum Gasteiger partial charge on any atom is 0.258 e. The van der Waals surface area contributed by atoms with Gasteiger partial charge in [0.2, 0.25) is 10.0 Å². The van der Waals surface area contributed by atoms with E-state index in [1.54, 1.807) is 35.6 Å². The summed E-state index contributed by atoms with van der Waals surface area (Å²) in [7, 11) is -3.62. The Labute approximate surface area is 199 Å². The number of sulfonamides is 1. The minimum Gasteiger partial charge on any atom is -0.336 e. The van der Waals surface area contributed by atoms with E-state index >= 15 is 0 Å². The minimum atomic E-state index is -3.62. The first-order valence-corrected chi connectivity index (χ1v) is 12.6. The lowest BCUT2D eigenvalue weighted by Crippen LogP contribution is -2.50. The molecule has 0 saturated carbocycles. The van der Waals surface area contributed by atoms with E-state index in [1.165, 1.54) is 4.31 Å². The van der Waals surface area contributed by atoms with Crippen molar-refractivity contribution in [1.29, 1.82) is 0 Å². The number of halogens is 1. The summed E-state index contributed by atoms with van der Waals surface area (Å²) in [4.78, 5) is 15.2. The summed E-state index contributed by atoms with van der Waals surface area (Å²) in [6, 6.07) is 15.1. The summed E-state index contributed by atoms with van der Waals surface area (Å²) < 4.78 is 29.3. The zero-order valence-corrected chi connectivity index (χ0v) is 20.5. The Morgan fingerprint density at radius 2 is 1.67 bits per heavy atom. The highest BCUT2D eigenvalue weighted by atomic mass is 35.5. The van der Waals surface area contributed by atoms with Gasteiger partial charge in [0, 0.05) is 26.2 Å². The second-order valence-electron chi connectivity index (χ2n) is 8.36. The van der Waals surface area contributed by atoms with Crippen molar-refractivity contribution in [3.8, 4) is 0 Å². The summed E-state index contributed by atoms with van der Waals surface area (Å²) in [5, 5.41) is 4.76. The molecule has 0 atom stereocenters. The summed E-state index contributed by atoms with van der Waals surface area (Å²) in [5.41, 5.74) is 3.71. The maximum absolute atomic E-state index is 13.2. The molecule has 1 aromatic heterocycles. The first kappa shape index (κ1) is 23.5. The number of carbonyl (C=O) groups excluding carboxylic acids is 1. The highest BCUT2D eigenvalue weighted by Crippen LogP contribution is 2.25. The third-order valence-corrected chi connectivity index (χ3v) is 8.37. The van der Waals surface area contributed by atoms with Crippen molar-refractivity contribution in [3.05, 3.63) is 81.6 Å². The van der Waals surface area contributed by atoms with Gasteiger partial charge in [0.1, 0.15) is 5.15 Å².